The molecule has 1 saturated carbocycles. The van der Waals surface area contributed by atoms with E-state index in [0.29, 0.717) is 17.4 Å². The minimum Gasteiger partial charge on any atom is -0.393 e. The molecule has 0 bridgehead atoms. The summed E-state index contributed by atoms with van der Waals surface area (Å²) in [5.41, 5.74) is -1.70. The van der Waals surface area contributed by atoms with Gasteiger partial charge in [0.1, 0.15) is 17.6 Å². The van der Waals surface area contributed by atoms with Crippen LogP contribution in [0.3, 0.4) is 0 Å². The Morgan fingerprint density at radius 2 is 1.95 bits per heavy atom. The Labute approximate surface area is 228 Å². The molecule has 2 atom stereocenters. The van der Waals surface area contributed by atoms with Crippen LogP contribution in [0.1, 0.15) is 71.8 Å². The van der Waals surface area contributed by atoms with Crippen molar-refractivity contribution in [2.24, 2.45) is 0 Å². The molecule has 2 amide bonds. The number of halogens is 7. The first-order valence-electron chi connectivity index (χ1n) is 12.4. The number of nitrogens with zero attached hydrogens (tertiary/aromatic N) is 3. The number of thiazole rings is 1. The number of alkyl halides is 7. The Bertz CT molecular complexity index is 1270. The molecular formula is C24H26F7N5O3S. The van der Waals surface area contributed by atoms with Gasteiger partial charge in [-0.25, -0.2) is 27.5 Å². The van der Waals surface area contributed by atoms with Gasteiger partial charge in [-0.05, 0) is 32.3 Å². The van der Waals surface area contributed by atoms with Gasteiger partial charge < -0.3 is 20.6 Å². The first kappa shape index (κ1) is 30.0. The molecule has 3 N–H and O–H groups in total. The molecule has 3 heterocycles. The van der Waals surface area contributed by atoms with Crippen molar-refractivity contribution in [3.05, 3.63) is 28.5 Å². The summed E-state index contributed by atoms with van der Waals surface area (Å²) in [4.78, 5) is 34.6. The number of pyridine rings is 1. The first-order chi connectivity index (χ1) is 18.6. The van der Waals surface area contributed by atoms with Crippen LogP contribution < -0.4 is 10.6 Å². The molecule has 1 aliphatic carbocycles. The average Bonchev–Trinajstić information content (AvgIpc) is 3.40. The average molecular weight is 598 g/mol. The summed E-state index contributed by atoms with van der Waals surface area (Å²) >= 11 is 0.552. The molecule has 0 radical (unpaired) electrons. The number of aliphatic hydroxyl groups excluding tert-OH is 1. The summed E-state index contributed by atoms with van der Waals surface area (Å²) < 4.78 is 96.1. The summed E-state index contributed by atoms with van der Waals surface area (Å²) in [5.74, 6) is -5.45. The van der Waals surface area contributed by atoms with E-state index >= 15 is 0 Å². The highest BCUT2D eigenvalue weighted by Crippen LogP contribution is 2.40. The molecule has 1 saturated heterocycles. The second-order valence-corrected chi connectivity index (χ2v) is 10.9. The lowest BCUT2D eigenvalue weighted by Crippen LogP contribution is -2.46. The highest BCUT2D eigenvalue weighted by molar-refractivity contribution is 7.17. The summed E-state index contributed by atoms with van der Waals surface area (Å²) in [6, 6.07) is -2.64. The number of nitrogens with one attached hydrogen (secondary N) is 2. The van der Waals surface area contributed by atoms with E-state index in [1.165, 1.54) is 13.8 Å². The second-order valence-electron chi connectivity index (χ2n) is 9.94. The van der Waals surface area contributed by atoms with Crippen molar-refractivity contribution in [3.8, 4) is 10.4 Å². The van der Waals surface area contributed by atoms with Crippen molar-refractivity contribution in [2.45, 2.75) is 82.3 Å². The van der Waals surface area contributed by atoms with E-state index in [-0.39, 0.29) is 34.3 Å². The molecule has 8 nitrogen and oxygen atoms in total. The standard InChI is InChI=1S/C24H26F7N5O3S/c1-3-15(24(29,30)31)34-16-6-13(19(25)26)14(8-32-16)18-17(22(39)36-9-23(27,28)7-10(36)2)35-21(40-18)20(38)33-11-4-12(37)5-11/h6,8,10-12,15,19,37H,3-5,7,9H2,1-2H3,(H,32,34)(H,33,38)/t10-,11?,12?,15-/m0/s1. The number of hydrogen-bond donors (Lipinski definition) is 3. The van der Waals surface area contributed by atoms with E-state index in [9.17, 15) is 45.4 Å². The summed E-state index contributed by atoms with van der Waals surface area (Å²) in [7, 11) is 0. The smallest absolute Gasteiger partial charge is 0.393 e. The van der Waals surface area contributed by atoms with Gasteiger partial charge in [-0.2, -0.15) is 13.2 Å². The molecule has 220 valence electrons. The number of carbonyl (C=O) groups excluding carboxylic acids is 2. The Hall–Kier alpha value is -3.01. The predicted molar refractivity (Wildman–Crippen MR) is 131 cm³/mol. The maximum atomic E-state index is 14.2. The fraction of sp³-hybridized carbons (Fsp3) is 0.583. The number of likely N-dealkylation sites (tertiary alicyclic amines) is 1. The van der Waals surface area contributed by atoms with Crippen LogP contribution in [-0.4, -0.2) is 74.7 Å². The van der Waals surface area contributed by atoms with Gasteiger partial charge in [-0.3, -0.25) is 9.59 Å². The minimum absolute atomic E-state index is 0.261. The lowest BCUT2D eigenvalue weighted by atomic mass is 9.89. The van der Waals surface area contributed by atoms with E-state index in [1.54, 1.807) is 0 Å². The summed E-state index contributed by atoms with van der Waals surface area (Å²) in [6.07, 6.45) is -8.14. The van der Waals surface area contributed by atoms with Crippen LogP contribution in [0.5, 0.6) is 0 Å². The third-order valence-electron chi connectivity index (χ3n) is 6.80. The Balaban J connectivity index is 1.75. The minimum atomic E-state index is -4.68. The molecule has 0 unspecified atom stereocenters. The Kier molecular flexibility index (Phi) is 8.32. The van der Waals surface area contributed by atoms with Crippen molar-refractivity contribution in [1.29, 1.82) is 0 Å². The number of aliphatic hydroxyl groups is 1. The normalized spacial score (nSPS) is 23.2. The first-order valence-corrected chi connectivity index (χ1v) is 13.2. The monoisotopic (exact) mass is 597 g/mol. The van der Waals surface area contributed by atoms with E-state index in [2.05, 4.69) is 20.6 Å². The Morgan fingerprint density at radius 1 is 1.27 bits per heavy atom. The van der Waals surface area contributed by atoms with Gasteiger partial charge in [0.15, 0.2) is 5.01 Å². The number of rotatable bonds is 8. The molecule has 16 heteroatoms. The van der Waals surface area contributed by atoms with E-state index in [1.807, 2.05) is 0 Å². The van der Waals surface area contributed by atoms with Crippen LogP contribution in [0.25, 0.3) is 10.4 Å². The molecule has 2 aromatic heterocycles. The topological polar surface area (TPSA) is 107 Å². The molecule has 0 aromatic carbocycles. The van der Waals surface area contributed by atoms with Crippen LogP contribution in [0.15, 0.2) is 12.3 Å². The van der Waals surface area contributed by atoms with E-state index < -0.39 is 85.0 Å². The molecule has 2 aromatic rings. The lowest BCUT2D eigenvalue weighted by Gasteiger charge is -2.31. The predicted octanol–water partition coefficient (Wildman–Crippen LogP) is 5.02. The number of hydrogen-bond acceptors (Lipinski definition) is 7. The van der Waals surface area contributed by atoms with Crippen LogP contribution >= 0.6 is 11.3 Å². The van der Waals surface area contributed by atoms with Crippen molar-refractivity contribution in [3.63, 3.8) is 0 Å². The molecule has 40 heavy (non-hydrogen) atoms. The fourth-order valence-corrected chi connectivity index (χ4v) is 5.62. The van der Waals surface area contributed by atoms with Crippen LogP contribution in [-0.2, 0) is 0 Å². The number of aromatic nitrogens is 2. The highest BCUT2D eigenvalue weighted by atomic mass is 32.1. The van der Waals surface area contributed by atoms with Gasteiger partial charge in [0, 0.05) is 35.8 Å². The van der Waals surface area contributed by atoms with Gasteiger partial charge >= 0.3 is 6.18 Å². The third-order valence-corrected chi connectivity index (χ3v) is 7.89. The molecule has 4 rings (SSSR count). The quantitative estimate of drug-likeness (QED) is 0.369. The van der Waals surface area contributed by atoms with Crippen LogP contribution in [0.2, 0.25) is 0 Å². The number of carbonyl (C=O) groups is 2. The van der Waals surface area contributed by atoms with Gasteiger partial charge in [-0.15, -0.1) is 11.3 Å². The molecule has 0 spiro atoms. The van der Waals surface area contributed by atoms with Crippen molar-refractivity contribution < 1.29 is 45.4 Å². The summed E-state index contributed by atoms with van der Waals surface area (Å²) in [5, 5.41) is 13.8. The zero-order chi connectivity index (χ0) is 29.6. The van der Waals surface area contributed by atoms with E-state index in [0.717, 1.165) is 11.1 Å². The van der Waals surface area contributed by atoms with Crippen LogP contribution in [0.4, 0.5) is 36.6 Å². The van der Waals surface area contributed by atoms with Crippen molar-refractivity contribution in [2.75, 3.05) is 11.9 Å². The third kappa shape index (κ3) is 6.32. The maximum Gasteiger partial charge on any atom is 0.408 e. The van der Waals surface area contributed by atoms with E-state index in [4.69, 9.17) is 0 Å². The van der Waals surface area contributed by atoms with Crippen molar-refractivity contribution >= 4 is 29.0 Å². The molecule has 2 fully saturated rings. The summed E-state index contributed by atoms with van der Waals surface area (Å²) in [6.45, 7) is 1.70. The molecule has 2 aliphatic rings. The van der Waals surface area contributed by atoms with Gasteiger partial charge in [0.2, 0.25) is 0 Å². The largest absolute Gasteiger partial charge is 0.408 e. The van der Waals surface area contributed by atoms with Gasteiger partial charge in [-0.1, -0.05) is 6.92 Å². The zero-order valence-corrected chi connectivity index (χ0v) is 22.1. The molecular weight excluding hydrogens is 571 g/mol. The zero-order valence-electron chi connectivity index (χ0n) is 21.2. The van der Waals surface area contributed by atoms with Crippen molar-refractivity contribution in [1.82, 2.24) is 20.2 Å². The Morgan fingerprint density at radius 3 is 2.48 bits per heavy atom. The van der Waals surface area contributed by atoms with Crippen LogP contribution in [0, 0.1) is 0 Å². The fourth-order valence-electron chi connectivity index (χ4n) is 4.63. The maximum absolute atomic E-state index is 14.2. The number of anilines is 1. The SMILES string of the molecule is CC[C@H](Nc1cc(C(F)F)c(-c2sc(C(=O)NC3CC(O)C3)nc2C(=O)N2CC(F)(F)C[C@@H]2C)cn1)C(F)(F)F. The van der Waals surface area contributed by atoms with Gasteiger partial charge in [0.25, 0.3) is 24.2 Å². The lowest BCUT2D eigenvalue weighted by molar-refractivity contribution is -0.142. The second kappa shape index (κ2) is 11.1. The number of amides is 2. The van der Waals surface area contributed by atoms with Gasteiger partial charge in [0.05, 0.1) is 17.5 Å². The highest BCUT2D eigenvalue weighted by Gasteiger charge is 2.46. The molecule has 1 aliphatic heterocycles.